The van der Waals surface area contributed by atoms with Gasteiger partial charge in [-0.25, -0.2) is 0 Å². The summed E-state index contributed by atoms with van der Waals surface area (Å²) in [6.07, 6.45) is 0.172. The molecule has 2 atom stereocenters. The van der Waals surface area contributed by atoms with E-state index in [1.807, 2.05) is 42.5 Å². The van der Waals surface area contributed by atoms with Crippen LogP contribution in [0.4, 0.5) is 0 Å². The molecule has 4 rings (SSSR count). The summed E-state index contributed by atoms with van der Waals surface area (Å²) in [6.45, 7) is 0.859. The Bertz CT molecular complexity index is 716. The average Bonchev–Trinajstić information content (AvgIpc) is 2.79. The Labute approximate surface area is 129 Å². The van der Waals surface area contributed by atoms with Crippen LogP contribution in [0.2, 0.25) is 0 Å². The number of carbonyl (C=O) groups is 1. The number of carbonyl (C=O) groups excluding carboxylic acids is 1. The highest BCUT2D eigenvalue weighted by molar-refractivity contribution is 6.00. The molecular formula is C18H18N2O2. The van der Waals surface area contributed by atoms with E-state index in [0.717, 1.165) is 11.1 Å². The van der Waals surface area contributed by atoms with Crippen molar-refractivity contribution in [2.45, 2.75) is 18.2 Å². The van der Waals surface area contributed by atoms with Crippen molar-refractivity contribution in [2.24, 2.45) is 0 Å². The highest BCUT2D eigenvalue weighted by Crippen LogP contribution is 2.41. The van der Waals surface area contributed by atoms with Crippen molar-refractivity contribution < 1.29 is 9.90 Å². The molecule has 0 aromatic heterocycles. The zero-order chi connectivity index (χ0) is 15.2. The summed E-state index contributed by atoms with van der Waals surface area (Å²) < 4.78 is 0. The number of rotatable bonds is 2. The third kappa shape index (κ3) is 1.88. The van der Waals surface area contributed by atoms with Gasteiger partial charge in [0, 0.05) is 24.1 Å². The molecular weight excluding hydrogens is 276 g/mol. The fourth-order valence-corrected chi connectivity index (χ4v) is 3.63. The van der Waals surface area contributed by atoms with Crippen LogP contribution in [0.5, 0.6) is 0 Å². The number of hydrogen-bond acceptors (Lipinski definition) is 3. The molecule has 2 N–H and O–H groups in total. The van der Waals surface area contributed by atoms with Gasteiger partial charge in [0.25, 0.3) is 5.91 Å². The Morgan fingerprint density at radius 3 is 2.68 bits per heavy atom. The number of aliphatic hydroxyl groups is 1. The van der Waals surface area contributed by atoms with E-state index in [1.165, 1.54) is 5.56 Å². The van der Waals surface area contributed by atoms with Crippen molar-refractivity contribution in [3.8, 4) is 0 Å². The Hall–Kier alpha value is -2.17. The van der Waals surface area contributed by atoms with E-state index in [9.17, 15) is 9.90 Å². The van der Waals surface area contributed by atoms with E-state index in [2.05, 4.69) is 17.4 Å². The molecule has 0 spiro atoms. The zero-order valence-electron chi connectivity index (χ0n) is 12.2. The first kappa shape index (κ1) is 13.5. The number of benzene rings is 2. The molecule has 0 radical (unpaired) electrons. The highest BCUT2D eigenvalue weighted by atomic mass is 16.3. The molecule has 0 saturated carbocycles. The predicted molar refractivity (Wildman–Crippen MR) is 83.3 cm³/mol. The molecule has 4 nitrogen and oxygen atoms in total. The highest BCUT2D eigenvalue weighted by Gasteiger charge is 2.51. The minimum absolute atomic E-state index is 0.00205. The monoisotopic (exact) mass is 294 g/mol. The summed E-state index contributed by atoms with van der Waals surface area (Å²) in [4.78, 5) is 14.5. The van der Waals surface area contributed by atoms with Crippen LogP contribution in [-0.2, 0) is 12.1 Å². The smallest absolute Gasteiger partial charge is 0.256 e. The van der Waals surface area contributed by atoms with E-state index >= 15 is 0 Å². The van der Waals surface area contributed by atoms with Gasteiger partial charge >= 0.3 is 0 Å². The molecule has 2 heterocycles. The Morgan fingerprint density at radius 1 is 1.14 bits per heavy atom. The van der Waals surface area contributed by atoms with Crippen molar-refractivity contribution in [1.82, 2.24) is 10.2 Å². The summed E-state index contributed by atoms with van der Waals surface area (Å²) in [7, 11) is 0. The maximum Gasteiger partial charge on any atom is 0.256 e. The number of nitrogens with zero attached hydrogens (tertiary/aromatic N) is 1. The van der Waals surface area contributed by atoms with Crippen LogP contribution in [0.25, 0.3) is 0 Å². The van der Waals surface area contributed by atoms with Gasteiger partial charge in [-0.1, -0.05) is 48.5 Å². The van der Waals surface area contributed by atoms with Crippen molar-refractivity contribution in [1.29, 1.82) is 0 Å². The molecule has 2 aliphatic heterocycles. The second kappa shape index (κ2) is 4.93. The van der Waals surface area contributed by atoms with E-state index in [1.54, 1.807) is 4.90 Å². The van der Waals surface area contributed by atoms with E-state index in [0.29, 0.717) is 19.5 Å². The van der Waals surface area contributed by atoms with Gasteiger partial charge in [0.2, 0.25) is 0 Å². The van der Waals surface area contributed by atoms with Gasteiger partial charge in [-0.3, -0.25) is 10.1 Å². The van der Waals surface area contributed by atoms with E-state index in [-0.39, 0.29) is 5.91 Å². The van der Waals surface area contributed by atoms with Gasteiger partial charge in [-0.05, 0) is 11.6 Å². The summed E-state index contributed by atoms with van der Waals surface area (Å²) in [5, 5.41) is 13.4. The largest absolute Gasteiger partial charge is 0.390 e. The molecule has 2 unspecified atom stereocenters. The lowest BCUT2D eigenvalue weighted by Gasteiger charge is -2.45. The summed E-state index contributed by atoms with van der Waals surface area (Å²) >= 11 is 0. The molecule has 1 saturated heterocycles. The number of nitrogens with one attached hydrogen (secondary N) is 1. The topological polar surface area (TPSA) is 52.6 Å². The van der Waals surface area contributed by atoms with Crippen LogP contribution in [0.15, 0.2) is 54.6 Å². The number of hydrogen-bond donors (Lipinski definition) is 2. The SMILES string of the molecule is O=C1c2ccccc2C2(Cc3ccccc3)NCC(O)CN12. The Kier molecular flexibility index (Phi) is 3.03. The van der Waals surface area contributed by atoms with Gasteiger partial charge < -0.3 is 10.0 Å². The van der Waals surface area contributed by atoms with Crippen molar-refractivity contribution in [2.75, 3.05) is 13.1 Å². The number of amides is 1. The molecule has 112 valence electrons. The normalized spacial score (nSPS) is 26.7. The first-order valence-corrected chi connectivity index (χ1v) is 7.59. The summed E-state index contributed by atoms with van der Waals surface area (Å²) in [5.41, 5.74) is 2.37. The molecule has 2 aromatic rings. The standard InChI is InChI=1S/C18H18N2O2/c21-14-11-19-18(10-13-6-2-1-3-7-13)16-9-5-4-8-15(16)17(22)20(18)12-14/h1-9,14,19,21H,10-12H2. The molecule has 1 amide bonds. The van der Waals surface area contributed by atoms with Crippen LogP contribution in [0, 0.1) is 0 Å². The maximum absolute atomic E-state index is 12.7. The van der Waals surface area contributed by atoms with Crippen molar-refractivity contribution in [3.63, 3.8) is 0 Å². The molecule has 0 bridgehead atoms. The number of β-amino-alcohol motifs (C(OH)–C–C–N with tert-alkyl or cyclic N) is 1. The van der Waals surface area contributed by atoms with Crippen LogP contribution < -0.4 is 5.32 Å². The lowest BCUT2D eigenvalue weighted by Crippen LogP contribution is -2.64. The average molecular weight is 294 g/mol. The van der Waals surface area contributed by atoms with Crippen LogP contribution in [0.3, 0.4) is 0 Å². The minimum Gasteiger partial charge on any atom is -0.390 e. The number of fused-ring (bicyclic) bond motifs is 3. The van der Waals surface area contributed by atoms with E-state index < -0.39 is 11.8 Å². The third-order valence-corrected chi connectivity index (χ3v) is 4.64. The van der Waals surface area contributed by atoms with Gasteiger partial charge in [0.05, 0.1) is 12.6 Å². The predicted octanol–water partition coefficient (Wildman–Crippen LogP) is 1.50. The van der Waals surface area contributed by atoms with Gasteiger partial charge in [-0.15, -0.1) is 0 Å². The quantitative estimate of drug-likeness (QED) is 0.882. The first-order valence-electron chi connectivity index (χ1n) is 7.59. The van der Waals surface area contributed by atoms with Gasteiger partial charge in [0.1, 0.15) is 5.66 Å². The molecule has 1 fully saturated rings. The second-order valence-electron chi connectivity index (χ2n) is 6.02. The second-order valence-corrected chi connectivity index (χ2v) is 6.02. The lowest BCUT2D eigenvalue weighted by atomic mass is 9.89. The zero-order valence-corrected chi connectivity index (χ0v) is 12.2. The lowest BCUT2D eigenvalue weighted by molar-refractivity contribution is -0.0141. The molecule has 22 heavy (non-hydrogen) atoms. The van der Waals surface area contributed by atoms with Crippen LogP contribution in [0.1, 0.15) is 21.5 Å². The van der Waals surface area contributed by atoms with Gasteiger partial charge in [0.15, 0.2) is 0 Å². The summed E-state index contributed by atoms with van der Waals surface area (Å²) in [6, 6.07) is 17.9. The molecule has 0 aliphatic carbocycles. The molecule has 2 aromatic carbocycles. The minimum atomic E-state index is -0.547. The van der Waals surface area contributed by atoms with Crippen LogP contribution in [-0.4, -0.2) is 35.1 Å². The first-order chi connectivity index (χ1) is 10.7. The molecule has 2 aliphatic rings. The van der Waals surface area contributed by atoms with Crippen molar-refractivity contribution >= 4 is 5.91 Å². The van der Waals surface area contributed by atoms with Gasteiger partial charge in [-0.2, -0.15) is 0 Å². The van der Waals surface area contributed by atoms with E-state index in [4.69, 9.17) is 0 Å². The Morgan fingerprint density at radius 2 is 1.86 bits per heavy atom. The third-order valence-electron chi connectivity index (χ3n) is 4.64. The molecule has 4 heteroatoms. The maximum atomic E-state index is 12.7. The fourth-order valence-electron chi connectivity index (χ4n) is 3.63. The van der Waals surface area contributed by atoms with Crippen LogP contribution >= 0.6 is 0 Å². The number of aliphatic hydroxyl groups excluding tert-OH is 1. The fraction of sp³-hybridized carbons (Fsp3) is 0.278. The summed E-state index contributed by atoms with van der Waals surface area (Å²) in [5.74, 6) is -0.00205. The Balaban J connectivity index is 1.83. The van der Waals surface area contributed by atoms with Crippen molar-refractivity contribution in [3.05, 3.63) is 71.3 Å².